The van der Waals surface area contributed by atoms with Crippen molar-refractivity contribution in [3.63, 3.8) is 0 Å². The van der Waals surface area contributed by atoms with Gasteiger partial charge in [-0.05, 0) is 59.9 Å². The minimum atomic E-state index is -3.32. The molecule has 1 aliphatic rings. The van der Waals surface area contributed by atoms with Crippen LogP contribution in [0.1, 0.15) is 71.9 Å². The fourth-order valence-corrected chi connectivity index (χ4v) is 5.59. The van der Waals surface area contributed by atoms with Crippen LogP contribution in [-0.2, 0) is 22.8 Å². The number of amides is 1. The molecule has 3 aromatic rings. The Labute approximate surface area is 218 Å². The van der Waals surface area contributed by atoms with Gasteiger partial charge >= 0.3 is 0 Å². The highest BCUT2D eigenvalue weighted by atomic mass is 32.2. The van der Waals surface area contributed by atoms with Crippen molar-refractivity contribution >= 4 is 21.7 Å². The number of nitrogens with one attached hydrogen (secondary N) is 1. The molecule has 0 saturated carbocycles. The molecule has 1 amide bonds. The first-order chi connectivity index (χ1) is 17.8. The summed E-state index contributed by atoms with van der Waals surface area (Å²) in [7, 11) is -3.32. The summed E-state index contributed by atoms with van der Waals surface area (Å²) < 4.78 is 24.2. The number of aliphatic hydroxyl groups is 1. The first kappa shape index (κ1) is 26.8. The standard InChI is InChI=1S/C28H34N4O4S/c1-4-19-16-32(28-29-14-13-23(5-2)30-28)17-22-15-21(9-12-25(19)22)27(34)31-26(18-33)20-7-10-24(11-8-20)37(35,36)6-3/h7-15,19,26,33H,4-6,16-18H2,1-3H3,(H,31,34)/t19?,26-/m0/s1. The minimum absolute atomic E-state index is 0.0112. The molecule has 1 aromatic heterocycles. The van der Waals surface area contributed by atoms with Gasteiger partial charge in [0.25, 0.3) is 5.91 Å². The molecule has 2 N–H and O–H groups in total. The van der Waals surface area contributed by atoms with Crippen LogP contribution >= 0.6 is 0 Å². The molecule has 0 radical (unpaired) electrons. The molecule has 196 valence electrons. The fourth-order valence-electron chi connectivity index (χ4n) is 4.70. The Bertz CT molecular complexity index is 1360. The average Bonchev–Trinajstić information content (AvgIpc) is 2.94. The summed E-state index contributed by atoms with van der Waals surface area (Å²) in [6.07, 6.45) is 3.59. The maximum Gasteiger partial charge on any atom is 0.251 e. The summed E-state index contributed by atoms with van der Waals surface area (Å²) >= 11 is 0. The number of benzene rings is 2. The third kappa shape index (κ3) is 5.83. The molecular formula is C28H34N4O4S. The Kier molecular flexibility index (Phi) is 8.24. The lowest BCUT2D eigenvalue weighted by molar-refractivity contribution is 0.0916. The number of aryl methyl sites for hydroxylation is 1. The van der Waals surface area contributed by atoms with Crippen LogP contribution in [0.4, 0.5) is 5.95 Å². The van der Waals surface area contributed by atoms with Gasteiger partial charge in [0.05, 0.1) is 23.3 Å². The Hall–Kier alpha value is -3.30. The van der Waals surface area contributed by atoms with Gasteiger partial charge in [0.15, 0.2) is 9.84 Å². The maximum absolute atomic E-state index is 13.2. The molecule has 9 heteroatoms. The number of aromatic nitrogens is 2. The third-order valence-corrected chi connectivity index (χ3v) is 8.75. The van der Waals surface area contributed by atoms with Gasteiger partial charge in [0.1, 0.15) is 0 Å². The number of sulfone groups is 1. The Balaban J connectivity index is 1.55. The smallest absolute Gasteiger partial charge is 0.251 e. The summed E-state index contributed by atoms with van der Waals surface area (Å²) in [5, 5.41) is 12.8. The molecule has 8 nitrogen and oxygen atoms in total. The number of hydrogen-bond acceptors (Lipinski definition) is 7. The van der Waals surface area contributed by atoms with Crippen LogP contribution in [0.2, 0.25) is 0 Å². The molecule has 1 unspecified atom stereocenters. The quantitative estimate of drug-likeness (QED) is 0.439. The largest absolute Gasteiger partial charge is 0.394 e. The highest BCUT2D eigenvalue weighted by Gasteiger charge is 2.27. The van der Waals surface area contributed by atoms with Gasteiger partial charge in [-0.3, -0.25) is 4.79 Å². The monoisotopic (exact) mass is 522 g/mol. The van der Waals surface area contributed by atoms with Gasteiger partial charge in [-0.15, -0.1) is 0 Å². The zero-order chi connectivity index (χ0) is 26.6. The van der Waals surface area contributed by atoms with Crippen molar-refractivity contribution in [2.45, 2.75) is 57.0 Å². The Morgan fingerprint density at radius 1 is 1.14 bits per heavy atom. The summed E-state index contributed by atoms with van der Waals surface area (Å²) in [5.74, 6) is 0.712. The topological polar surface area (TPSA) is 112 Å². The van der Waals surface area contributed by atoms with Gasteiger partial charge in [0.2, 0.25) is 5.95 Å². The fraction of sp³-hybridized carbons (Fsp3) is 0.393. The van der Waals surface area contributed by atoms with E-state index < -0.39 is 15.9 Å². The lowest BCUT2D eigenvalue weighted by Gasteiger charge is -2.34. The van der Waals surface area contributed by atoms with Crippen molar-refractivity contribution < 1.29 is 18.3 Å². The second-order valence-electron chi connectivity index (χ2n) is 9.28. The predicted molar refractivity (Wildman–Crippen MR) is 143 cm³/mol. The van der Waals surface area contributed by atoms with E-state index in [2.05, 4.69) is 29.0 Å². The van der Waals surface area contributed by atoms with E-state index in [9.17, 15) is 18.3 Å². The summed E-state index contributed by atoms with van der Waals surface area (Å²) in [6, 6.07) is 13.3. The predicted octanol–water partition coefficient (Wildman–Crippen LogP) is 3.81. The maximum atomic E-state index is 13.2. The van der Waals surface area contributed by atoms with Gasteiger partial charge in [0, 0.05) is 36.5 Å². The van der Waals surface area contributed by atoms with Crippen molar-refractivity contribution in [2.75, 3.05) is 23.8 Å². The lowest BCUT2D eigenvalue weighted by atomic mass is 9.87. The van der Waals surface area contributed by atoms with Crippen LogP contribution in [0.25, 0.3) is 0 Å². The Morgan fingerprint density at radius 3 is 2.54 bits per heavy atom. The third-order valence-electron chi connectivity index (χ3n) is 6.99. The van der Waals surface area contributed by atoms with E-state index in [0.29, 0.717) is 29.5 Å². The molecule has 0 spiro atoms. The molecule has 4 rings (SSSR count). The normalized spacial score (nSPS) is 16.2. The molecule has 2 aromatic carbocycles. The molecular weight excluding hydrogens is 488 g/mol. The molecule has 0 fully saturated rings. The van der Waals surface area contributed by atoms with Crippen molar-refractivity contribution in [2.24, 2.45) is 0 Å². The van der Waals surface area contributed by atoms with Gasteiger partial charge in [-0.1, -0.05) is 39.0 Å². The summed E-state index contributed by atoms with van der Waals surface area (Å²) in [5.41, 5.74) is 4.42. The lowest BCUT2D eigenvalue weighted by Crippen LogP contribution is -2.35. The molecule has 0 saturated heterocycles. The SMILES string of the molecule is CCc1ccnc(N2Cc3cc(C(=O)N[C@@H](CO)c4ccc(S(=O)(=O)CC)cc4)ccc3C(CC)C2)n1. The van der Waals surface area contributed by atoms with E-state index in [1.54, 1.807) is 25.3 Å². The van der Waals surface area contributed by atoms with Gasteiger partial charge < -0.3 is 15.3 Å². The van der Waals surface area contributed by atoms with Gasteiger partial charge in [-0.2, -0.15) is 0 Å². The van der Waals surface area contributed by atoms with E-state index in [1.807, 2.05) is 24.3 Å². The first-order valence-corrected chi connectivity index (χ1v) is 14.4. The first-order valence-electron chi connectivity index (χ1n) is 12.7. The average molecular weight is 523 g/mol. The van der Waals surface area contributed by atoms with Gasteiger partial charge in [-0.25, -0.2) is 18.4 Å². The molecule has 0 aliphatic carbocycles. The van der Waals surface area contributed by atoms with Crippen molar-refractivity contribution in [1.29, 1.82) is 0 Å². The van der Waals surface area contributed by atoms with Crippen LogP contribution in [0.5, 0.6) is 0 Å². The number of carbonyl (C=O) groups excluding carboxylic acids is 1. The zero-order valence-corrected chi connectivity index (χ0v) is 22.3. The van der Waals surface area contributed by atoms with E-state index in [4.69, 9.17) is 4.98 Å². The number of carbonyl (C=O) groups is 1. The van der Waals surface area contributed by atoms with Crippen LogP contribution in [0.3, 0.4) is 0 Å². The van der Waals surface area contributed by atoms with E-state index >= 15 is 0 Å². The van der Waals surface area contributed by atoms with E-state index in [-0.39, 0.29) is 23.2 Å². The number of hydrogen-bond donors (Lipinski definition) is 2. The number of fused-ring (bicyclic) bond motifs is 1. The minimum Gasteiger partial charge on any atom is -0.394 e. The summed E-state index contributed by atoms with van der Waals surface area (Å²) in [4.78, 5) is 24.7. The molecule has 37 heavy (non-hydrogen) atoms. The van der Waals surface area contributed by atoms with Crippen molar-refractivity contribution in [1.82, 2.24) is 15.3 Å². The number of nitrogens with zero attached hydrogens (tertiary/aromatic N) is 3. The number of aliphatic hydroxyl groups excluding tert-OH is 1. The van der Waals surface area contributed by atoms with Crippen LogP contribution in [-0.4, -0.2) is 48.3 Å². The second-order valence-corrected chi connectivity index (χ2v) is 11.6. The van der Waals surface area contributed by atoms with Crippen molar-refractivity contribution in [3.8, 4) is 0 Å². The number of rotatable bonds is 9. The van der Waals surface area contributed by atoms with E-state index in [1.165, 1.54) is 17.7 Å². The van der Waals surface area contributed by atoms with Crippen LogP contribution in [0, 0.1) is 0 Å². The summed E-state index contributed by atoms with van der Waals surface area (Å²) in [6.45, 7) is 6.93. The van der Waals surface area contributed by atoms with E-state index in [0.717, 1.165) is 30.6 Å². The molecule has 0 bridgehead atoms. The molecule has 2 heterocycles. The van der Waals surface area contributed by atoms with Crippen molar-refractivity contribution in [3.05, 3.63) is 82.7 Å². The van der Waals surface area contributed by atoms with Crippen LogP contribution in [0.15, 0.2) is 59.6 Å². The number of anilines is 1. The molecule has 1 aliphatic heterocycles. The highest BCUT2D eigenvalue weighted by molar-refractivity contribution is 7.91. The van der Waals surface area contributed by atoms with Crippen LogP contribution < -0.4 is 10.2 Å². The molecule has 2 atom stereocenters. The highest BCUT2D eigenvalue weighted by Crippen LogP contribution is 2.33. The second kappa shape index (κ2) is 11.4. The zero-order valence-electron chi connectivity index (χ0n) is 21.5. The Morgan fingerprint density at radius 2 is 1.89 bits per heavy atom.